The molecule has 3 heteroatoms. The summed E-state index contributed by atoms with van der Waals surface area (Å²) in [7, 11) is 0. The summed E-state index contributed by atoms with van der Waals surface area (Å²) in [6, 6.07) is 0. The Balaban J connectivity index is 1.96. The van der Waals surface area contributed by atoms with Crippen LogP contribution in [0.5, 0.6) is 0 Å². The van der Waals surface area contributed by atoms with E-state index in [4.69, 9.17) is 0 Å². The smallest absolute Gasteiger partial charge is 0.220 e. The van der Waals surface area contributed by atoms with Crippen molar-refractivity contribution in [3.63, 3.8) is 0 Å². The fourth-order valence-electron chi connectivity index (χ4n) is 3.10. The molecule has 0 aromatic carbocycles. The van der Waals surface area contributed by atoms with Crippen molar-refractivity contribution in [1.29, 1.82) is 0 Å². The van der Waals surface area contributed by atoms with Gasteiger partial charge in [0.05, 0.1) is 0 Å². The van der Waals surface area contributed by atoms with E-state index >= 15 is 0 Å². The van der Waals surface area contributed by atoms with Crippen molar-refractivity contribution < 1.29 is 9.59 Å². The maximum absolute atomic E-state index is 12.1. The Hall–Kier alpha value is -1.12. The molecule has 1 heterocycles. The number of unbranched alkanes of at least 4 members (excludes halogenated alkanes) is 8. The quantitative estimate of drug-likeness (QED) is 0.424. The molecule has 0 radical (unpaired) electrons. The number of carbonyl (C=O) groups excluding carboxylic acids is 2. The third kappa shape index (κ3) is 9.01. The number of ketones is 1. The van der Waals surface area contributed by atoms with E-state index in [1.165, 1.54) is 38.5 Å². The van der Waals surface area contributed by atoms with E-state index in [0.29, 0.717) is 18.6 Å². The van der Waals surface area contributed by atoms with Crippen LogP contribution in [0.15, 0.2) is 12.7 Å². The van der Waals surface area contributed by atoms with Crippen LogP contribution in [0.1, 0.15) is 83.5 Å². The first-order valence-corrected chi connectivity index (χ1v) is 9.14. The molecular formula is C19H33NO2. The first-order chi connectivity index (χ1) is 10.7. The van der Waals surface area contributed by atoms with E-state index < -0.39 is 0 Å². The summed E-state index contributed by atoms with van der Waals surface area (Å²) in [4.78, 5) is 23.6. The highest BCUT2D eigenvalue weighted by Gasteiger charge is 2.23. The largest absolute Gasteiger partial charge is 0.356 e. The highest BCUT2D eigenvalue weighted by atomic mass is 16.2. The van der Waals surface area contributed by atoms with E-state index in [-0.39, 0.29) is 11.8 Å². The Morgan fingerprint density at radius 3 is 2.41 bits per heavy atom. The van der Waals surface area contributed by atoms with Crippen LogP contribution in [-0.2, 0) is 9.59 Å². The second-order valence-corrected chi connectivity index (χ2v) is 6.52. The average Bonchev–Trinajstić information content (AvgIpc) is 2.73. The van der Waals surface area contributed by atoms with Crippen LogP contribution in [-0.4, -0.2) is 18.2 Å². The van der Waals surface area contributed by atoms with Gasteiger partial charge in [0.15, 0.2) is 0 Å². The van der Waals surface area contributed by atoms with Crippen LogP contribution in [0.2, 0.25) is 0 Å². The fourth-order valence-corrected chi connectivity index (χ4v) is 3.10. The zero-order valence-electron chi connectivity index (χ0n) is 14.1. The zero-order valence-corrected chi connectivity index (χ0v) is 14.1. The van der Waals surface area contributed by atoms with Crippen LogP contribution in [0.3, 0.4) is 0 Å². The van der Waals surface area contributed by atoms with Gasteiger partial charge in [0.1, 0.15) is 5.78 Å². The van der Waals surface area contributed by atoms with E-state index in [0.717, 1.165) is 38.6 Å². The second kappa shape index (κ2) is 12.4. The van der Waals surface area contributed by atoms with Crippen molar-refractivity contribution >= 4 is 11.7 Å². The Morgan fingerprint density at radius 1 is 1.09 bits per heavy atom. The monoisotopic (exact) mass is 307 g/mol. The van der Waals surface area contributed by atoms with E-state index in [1.54, 1.807) is 0 Å². The Bertz CT molecular complexity index is 338. The molecule has 0 bridgehead atoms. The van der Waals surface area contributed by atoms with Crippen LogP contribution in [0, 0.1) is 5.92 Å². The third-order valence-corrected chi connectivity index (χ3v) is 4.52. The van der Waals surface area contributed by atoms with Crippen molar-refractivity contribution in [2.24, 2.45) is 5.92 Å². The Kier molecular flexibility index (Phi) is 10.7. The lowest BCUT2D eigenvalue weighted by Gasteiger charge is -2.11. The molecule has 1 N–H and O–H groups in total. The first-order valence-electron chi connectivity index (χ1n) is 9.14. The SMILES string of the molecule is C=CCCCCCCCCCCC(=O)C1CCCNC(=O)C1. The van der Waals surface area contributed by atoms with E-state index in [2.05, 4.69) is 11.9 Å². The summed E-state index contributed by atoms with van der Waals surface area (Å²) in [5.74, 6) is 0.334. The van der Waals surface area contributed by atoms with Crippen molar-refractivity contribution in [3.8, 4) is 0 Å². The molecule has 1 fully saturated rings. The van der Waals surface area contributed by atoms with Crippen molar-refractivity contribution in [2.45, 2.75) is 83.5 Å². The number of hydrogen-bond donors (Lipinski definition) is 1. The molecule has 0 aromatic heterocycles. The van der Waals surface area contributed by atoms with Gasteiger partial charge < -0.3 is 5.32 Å². The molecule has 1 unspecified atom stereocenters. The van der Waals surface area contributed by atoms with Gasteiger partial charge in [-0.25, -0.2) is 0 Å². The van der Waals surface area contributed by atoms with Gasteiger partial charge in [-0.3, -0.25) is 9.59 Å². The summed E-state index contributed by atoms with van der Waals surface area (Å²) < 4.78 is 0. The summed E-state index contributed by atoms with van der Waals surface area (Å²) in [5, 5.41) is 2.84. The normalized spacial score (nSPS) is 18.5. The minimum atomic E-state index is -0.0210. The average molecular weight is 307 g/mol. The molecule has 22 heavy (non-hydrogen) atoms. The lowest BCUT2D eigenvalue weighted by atomic mass is 9.92. The predicted octanol–water partition coefficient (Wildman–Crippen LogP) is 4.56. The highest BCUT2D eigenvalue weighted by Crippen LogP contribution is 2.19. The fraction of sp³-hybridized carbons (Fsp3) is 0.789. The maximum atomic E-state index is 12.1. The van der Waals surface area contributed by atoms with Crippen molar-refractivity contribution in [2.75, 3.05) is 6.54 Å². The molecule has 0 saturated carbocycles. The molecular weight excluding hydrogens is 274 g/mol. The van der Waals surface area contributed by atoms with Gasteiger partial charge in [0.25, 0.3) is 0 Å². The first kappa shape index (κ1) is 18.9. The number of allylic oxidation sites excluding steroid dienone is 1. The van der Waals surface area contributed by atoms with Crippen LogP contribution >= 0.6 is 0 Å². The van der Waals surface area contributed by atoms with Gasteiger partial charge in [0, 0.05) is 25.3 Å². The number of carbonyl (C=O) groups is 2. The van der Waals surface area contributed by atoms with E-state index in [9.17, 15) is 9.59 Å². The molecule has 0 aliphatic carbocycles. The van der Waals surface area contributed by atoms with Gasteiger partial charge in [-0.2, -0.15) is 0 Å². The van der Waals surface area contributed by atoms with Gasteiger partial charge in [-0.15, -0.1) is 6.58 Å². The van der Waals surface area contributed by atoms with Crippen LogP contribution in [0.4, 0.5) is 0 Å². The molecule has 126 valence electrons. The summed E-state index contributed by atoms with van der Waals surface area (Å²) in [6.45, 7) is 4.47. The number of hydrogen-bond acceptors (Lipinski definition) is 2. The summed E-state index contributed by atoms with van der Waals surface area (Å²) >= 11 is 0. The number of rotatable bonds is 12. The van der Waals surface area contributed by atoms with E-state index in [1.807, 2.05) is 6.08 Å². The van der Waals surface area contributed by atoms with Crippen LogP contribution in [0.25, 0.3) is 0 Å². The highest BCUT2D eigenvalue weighted by molar-refractivity contribution is 5.87. The molecule has 1 amide bonds. The molecule has 0 aromatic rings. The minimum Gasteiger partial charge on any atom is -0.356 e. The third-order valence-electron chi connectivity index (χ3n) is 4.52. The topological polar surface area (TPSA) is 46.2 Å². The Labute approximate surface area is 135 Å². The second-order valence-electron chi connectivity index (χ2n) is 6.52. The van der Waals surface area contributed by atoms with Gasteiger partial charge in [-0.05, 0) is 32.1 Å². The number of nitrogens with one attached hydrogen (secondary N) is 1. The predicted molar refractivity (Wildman–Crippen MR) is 91.7 cm³/mol. The lowest BCUT2D eigenvalue weighted by Crippen LogP contribution is -2.24. The van der Waals surface area contributed by atoms with Gasteiger partial charge in [-0.1, -0.05) is 44.6 Å². The maximum Gasteiger partial charge on any atom is 0.220 e. The molecule has 1 saturated heterocycles. The zero-order chi connectivity index (χ0) is 16.0. The summed E-state index contributed by atoms with van der Waals surface area (Å²) in [5.41, 5.74) is 0. The van der Waals surface area contributed by atoms with Crippen molar-refractivity contribution in [1.82, 2.24) is 5.32 Å². The molecule has 0 spiro atoms. The van der Waals surface area contributed by atoms with Gasteiger partial charge in [0.2, 0.25) is 5.91 Å². The molecule has 3 nitrogen and oxygen atoms in total. The lowest BCUT2D eigenvalue weighted by molar-refractivity contribution is -0.128. The molecule has 1 aliphatic rings. The van der Waals surface area contributed by atoms with Gasteiger partial charge >= 0.3 is 0 Å². The molecule has 1 atom stereocenters. The van der Waals surface area contributed by atoms with Crippen LogP contribution < -0.4 is 5.32 Å². The Morgan fingerprint density at radius 2 is 1.73 bits per heavy atom. The number of Topliss-reactive ketones (excluding diaryl/α,β-unsaturated/α-hetero) is 1. The standard InChI is InChI=1S/C19H33NO2/c1-2-3-4-5-6-7-8-9-10-11-14-18(21)17-13-12-15-20-19(22)16-17/h2,17H,1,3-16H2,(H,20,22). The summed E-state index contributed by atoms with van der Waals surface area (Å²) in [6.07, 6.45) is 15.9. The minimum absolute atomic E-state index is 0.0210. The number of amides is 1. The molecule has 1 aliphatic heterocycles. The van der Waals surface area contributed by atoms with Crippen molar-refractivity contribution in [3.05, 3.63) is 12.7 Å². The molecule has 1 rings (SSSR count).